The zero-order valence-corrected chi connectivity index (χ0v) is 13.2. The van der Waals surface area contributed by atoms with Gasteiger partial charge in [-0.15, -0.1) is 0 Å². The molecule has 0 atom stereocenters. The molecule has 116 valence electrons. The topological polar surface area (TPSA) is 69.6 Å². The van der Waals surface area contributed by atoms with Crippen LogP contribution in [-0.2, 0) is 19.4 Å². The number of nitrogens with two attached hydrogens (primary N) is 1. The van der Waals surface area contributed by atoms with Gasteiger partial charge in [0, 0.05) is 24.0 Å². The molecule has 0 bridgehead atoms. The van der Waals surface area contributed by atoms with Gasteiger partial charge in [-0.25, -0.2) is 9.97 Å². The highest BCUT2D eigenvalue weighted by Crippen LogP contribution is 2.16. The molecule has 5 heteroatoms. The summed E-state index contributed by atoms with van der Waals surface area (Å²) in [6, 6.07) is 2.04. The minimum Gasteiger partial charge on any atom is -0.405 e. The first-order valence-corrected chi connectivity index (χ1v) is 7.59. The second-order valence-electron chi connectivity index (χ2n) is 5.13. The predicted octanol–water partition coefficient (Wildman–Crippen LogP) is 2.55. The third-order valence-corrected chi connectivity index (χ3v) is 3.54. The van der Waals surface area contributed by atoms with E-state index in [2.05, 4.69) is 28.9 Å². The van der Waals surface area contributed by atoms with Crippen LogP contribution in [0.25, 0.3) is 0 Å². The van der Waals surface area contributed by atoms with E-state index in [4.69, 9.17) is 5.73 Å². The first kappa shape index (κ1) is 15.9. The molecule has 0 spiro atoms. The Morgan fingerprint density at radius 3 is 2.91 bits per heavy atom. The largest absolute Gasteiger partial charge is 0.405 e. The molecule has 0 aliphatic heterocycles. The van der Waals surface area contributed by atoms with Crippen molar-refractivity contribution in [1.82, 2.24) is 19.7 Å². The normalized spacial score (nSPS) is 11.7. The van der Waals surface area contributed by atoms with Gasteiger partial charge in [0.05, 0.1) is 12.2 Å². The molecule has 2 aromatic heterocycles. The van der Waals surface area contributed by atoms with Crippen LogP contribution < -0.4 is 5.73 Å². The van der Waals surface area contributed by atoms with E-state index in [1.54, 1.807) is 12.4 Å². The van der Waals surface area contributed by atoms with E-state index in [1.807, 2.05) is 29.1 Å². The minimum absolute atomic E-state index is 0.722. The Kier molecular flexibility index (Phi) is 5.89. The van der Waals surface area contributed by atoms with Crippen molar-refractivity contribution in [1.29, 1.82) is 0 Å². The van der Waals surface area contributed by atoms with E-state index in [1.165, 1.54) is 11.8 Å². The molecular formula is C17H23N5. The van der Waals surface area contributed by atoms with Crippen LogP contribution in [0.15, 0.2) is 43.0 Å². The summed E-state index contributed by atoms with van der Waals surface area (Å²) in [7, 11) is 0. The zero-order valence-electron chi connectivity index (χ0n) is 13.2. The lowest BCUT2D eigenvalue weighted by Gasteiger charge is -2.11. The van der Waals surface area contributed by atoms with Crippen molar-refractivity contribution in [2.45, 2.75) is 39.7 Å². The molecule has 2 N–H and O–H groups in total. The molecule has 0 saturated heterocycles. The Morgan fingerprint density at radius 1 is 1.27 bits per heavy atom. The van der Waals surface area contributed by atoms with E-state index in [-0.39, 0.29) is 0 Å². The first-order valence-electron chi connectivity index (χ1n) is 7.59. The van der Waals surface area contributed by atoms with E-state index >= 15 is 0 Å². The highest BCUT2D eigenvalue weighted by molar-refractivity contribution is 5.27. The van der Waals surface area contributed by atoms with Gasteiger partial charge >= 0.3 is 0 Å². The molecule has 0 fully saturated rings. The second-order valence-corrected chi connectivity index (χ2v) is 5.13. The van der Waals surface area contributed by atoms with Gasteiger partial charge in [0.25, 0.3) is 0 Å². The second kappa shape index (κ2) is 8.12. The van der Waals surface area contributed by atoms with E-state index in [0.29, 0.717) is 0 Å². The summed E-state index contributed by atoms with van der Waals surface area (Å²) in [4.78, 5) is 8.80. The molecule has 0 aliphatic carbocycles. The zero-order chi connectivity index (χ0) is 15.8. The lowest BCUT2D eigenvalue weighted by Crippen LogP contribution is -2.08. The summed E-state index contributed by atoms with van der Waals surface area (Å²) >= 11 is 0. The number of rotatable bonds is 7. The van der Waals surface area contributed by atoms with Crippen LogP contribution in [0.4, 0.5) is 0 Å². The third kappa shape index (κ3) is 4.04. The van der Waals surface area contributed by atoms with Crippen molar-refractivity contribution in [3.8, 4) is 0 Å². The quantitative estimate of drug-likeness (QED) is 0.797. The smallest absolute Gasteiger partial charge is 0.115 e. The third-order valence-electron chi connectivity index (χ3n) is 3.54. The molecule has 2 rings (SSSR count). The summed E-state index contributed by atoms with van der Waals surface area (Å²) in [5, 5.41) is 4.37. The van der Waals surface area contributed by atoms with Gasteiger partial charge in [-0.1, -0.05) is 25.5 Å². The highest BCUT2D eigenvalue weighted by atomic mass is 15.3. The summed E-state index contributed by atoms with van der Waals surface area (Å²) in [5.74, 6) is 0. The van der Waals surface area contributed by atoms with Gasteiger partial charge in [0.2, 0.25) is 0 Å². The number of aryl methyl sites for hydroxylation is 1. The maximum atomic E-state index is 5.31. The summed E-state index contributed by atoms with van der Waals surface area (Å²) in [6.07, 6.45) is 13.6. The van der Waals surface area contributed by atoms with Gasteiger partial charge in [-0.05, 0) is 37.3 Å². The number of aromatic nitrogens is 4. The fourth-order valence-corrected chi connectivity index (χ4v) is 2.43. The maximum Gasteiger partial charge on any atom is 0.115 e. The van der Waals surface area contributed by atoms with Crippen LogP contribution in [0, 0.1) is 6.92 Å². The Labute approximate surface area is 131 Å². The summed E-state index contributed by atoms with van der Waals surface area (Å²) in [5.41, 5.74) is 9.90. The molecule has 22 heavy (non-hydrogen) atoms. The van der Waals surface area contributed by atoms with Crippen molar-refractivity contribution >= 4 is 0 Å². The number of hydrogen-bond acceptors (Lipinski definition) is 4. The lowest BCUT2D eigenvalue weighted by molar-refractivity contribution is 0.662. The molecule has 0 saturated carbocycles. The molecule has 2 heterocycles. The number of allylic oxidation sites excluding steroid dienone is 3. The highest BCUT2D eigenvalue weighted by Gasteiger charge is 2.10. The molecule has 0 unspecified atom stereocenters. The number of hydrogen-bond donors (Lipinski definition) is 1. The molecule has 0 aliphatic rings. The fraction of sp³-hybridized carbons (Fsp3) is 0.353. The Balaban J connectivity index is 2.18. The van der Waals surface area contributed by atoms with Crippen LogP contribution in [0.5, 0.6) is 0 Å². The van der Waals surface area contributed by atoms with Gasteiger partial charge in [-0.3, -0.25) is 4.68 Å². The Bertz CT molecular complexity index is 655. The van der Waals surface area contributed by atoms with Crippen LogP contribution in [0.1, 0.15) is 36.0 Å². The number of nitrogens with zero attached hydrogens (tertiary/aromatic N) is 4. The van der Waals surface area contributed by atoms with Crippen molar-refractivity contribution in [3.05, 3.63) is 65.7 Å². The standard InChI is InChI=1S/C17H23N5/c1-3-7-16-14(2)19-13-20-17(16)12-15-8-10-21-22(15)11-6-4-5-9-18/h4-6,8-10,13H,3,7,11-12,18H2,1-2H3/b6-4-,9-5-. The average molecular weight is 297 g/mol. The predicted molar refractivity (Wildman–Crippen MR) is 88.3 cm³/mol. The van der Waals surface area contributed by atoms with Crippen LogP contribution in [0.2, 0.25) is 0 Å². The maximum absolute atomic E-state index is 5.31. The molecule has 2 aromatic rings. The summed E-state index contributed by atoms with van der Waals surface area (Å²) in [6.45, 7) is 4.95. The SMILES string of the molecule is CCCc1c(C)ncnc1Cc1ccnn1C/C=C\C=C/N. The lowest BCUT2D eigenvalue weighted by atomic mass is 10.0. The average Bonchev–Trinajstić information content (AvgIpc) is 2.94. The minimum atomic E-state index is 0.722. The van der Waals surface area contributed by atoms with Gasteiger partial charge in [0.15, 0.2) is 0 Å². The van der Waals surface area contributed by atoms with Crippen molar-refractivity contribution in [2.24, 2.45) is 5.73 Å². The van der Waals surface area contributed by atoms with Crippen LogP contribution in [-0.4, -0.2) is 19.7 Å². The van der Waals surface area contributed by atoms with Crippen molar-refractivity contribution in [3.63, 3.8) is 0 Å². The van der Waals surface area contributed by atoms with Crippen LogP contribution >= 0.6 is 0 Å². The van der Waals surface area contributed by atoms with Gasteiger partial charge < -0.3 is 5.73 Å². The molecule has 0 aromatic carbocycles. The van der Waals surface area contributed by atoms with E-state index in [9.17, 15) is 0 Å². The Hall–Kier alpha value is -2.43. The summed E-state index contributed by atoms with van der Waals surface area (Å²) < 4.78 is 1.98. The molecule has 5 nitrogen and oxygen atoms in total. The van der Waals surface area contributed by atoms with Crippen molar-refractivity contribution in [2.75, 3.05) is 0 Å². The molecule has 0 amide bonds. The monoisotopic (exact) mass is 297 g/mol. The van der Waals surface area contributed by atoms with E-state index in [0.717, 1.165) is 42.9 Å². The molecule has 0 radical (unpaired) electrons. The fourth-order valence-electron chi connectivity index (χ4n) is 2.43. The van der Waals surface area contributed by atoms with Crippen LogP contribution in [0.3, 0.4) is 0 Å². The van der Waals surface area contributed by atoms with Crippen molar-refractivity contribution < 1.29 is 0 Å². The van der Waals surface area contributed by atoms with E-state index < -0.39 is 0 Å². The molecular weight excluding hydrogens is 274 g/mol. The Morgan fingerprint density at radius 2 is 2.14 bits per heavy atom. The van der Waals surface area contributed by atoms with Gasteiger partial charge in [-0.2, -0.15) is 5.10 Å². The van der Waals surface area contributed by atoms with Gasteiger partial charge in [0.1, 0.15) is 6.33 Å². The first-order chi connectivity index (χ1) is 10.8.